The molecule has 0 aliphatic carbocycles. The molecule has 5 nitrogen and oxygen atoms in total. The summed E-state index contributed by atoms with van der Waals surface area (Å²) >= 11 is 0. The Kier molecular flexibility index (Phi) is 5.72. The molecular weight excluding hydrogens is 276 g/mol. The van der Waals surface area contributed by atoms with E-state index < -0.39 is 10.0 Å². The smallest absolute Gasteiger partial charge is 0.243 e. The number of sulfonamides is 1. The topological polar surface area (TPSA) is 81.4 Å². The van der Waals surface area contributed by atoms with Crippen LogP contribution in [0.4, 0.5) is 0 Å². The van der Waals surface area contributed by atoms with Crippen LogP contribution in [-0.4, -0.2) is 37.5 Å². The minimum absolute atomic E-state index is 0.135. The highest BCUT2D eigenvalue weighted by molar-refractivity contribution is 7.89. The second-order valence-electron chi connectivity index (χ2n) is 4.22. The maximum Gasteiger partial charge on any atom is 0.243 e. The Bertz CT molecular complexity index is 648. The molecule has 0 spiro atoms. The van der Waals surface area contributed by atoms with Gasteiger partial charge in [0.25, 0.3) is 0 Å². The molecule has 0 amide bonds. The zero-order valence-electron chi connectivity index (χ0n) is 11.4. The minimum atomic E-state index is -3.61. The molecule has 1 aromatic carbocycles. The number of aliphatic hydroxyl groups excluding tert-OH is 1. The monoisotopic (exact) mass is 292 g/mol. The third kappa shape index (κ3) is 3.82. The molecule has 6 heteroatoms. The van der Waals surface area contributed by atoms with Gasteiger partial charge in [0.2, 0.25) is 10.0 Å². The first kappa shape index (κ1) is 16.2. The first-order chi connectivity index (χ1) is 9.43. The van der Waals surface area contributed by atoms with E-state index in [0.29, 0.717) is 5.56 Å². The van der Waals surface area contributed by atoms with Gasteiger partial charge in [-0.05, 0) is 31.2 Å². The average molecular weight is 292 g/mol. The predicted octanol–water partition coefficient (Wildman–Crippen LogP) is 0.953. The van der Waals surface area contributed by atoms with Crippen LogP contribution in [0.1, 0.15) is 18.9 Å². The van der Waals surface area contributed by atoms with E-state index in [-0.39, 0.29) is 24.0 Å². The van der Waals surface area contributed by atoms with Gasteiger partial charge in [-0.1, -0.05) is 11.8 Å². The first-order valence-electron chi connectivity index (χ1n) is 5.98. The van der Waals surface area contributed by atoms with Gasteiger partial charge in [0.1, 0.15) is 6.61 Å². The Morgan fingerprint density at radius 1 is 1.35 bits per heavy atom. The lowest BCUT2D eigenvalue weighted by Crippen LogP contribution is -2.34. The van der Waals surface area contributed by atoms with Crippen LogP contribution < -0.4 is 0 Å². The SMILES string of the molecule is CC(CC#N)N(C)S(=O)(=O)c1ccc(C#CCO)cc1. The number of hydrogen-bond donors (Lipinski definition) is 1. The quantitative estimate of drug-likeness (QED) is 0.838. The van der Waals surface area contributed by atoms with Crippen molar-refractivity contribution in [2.75, 3.05) is 13.7 Å². The highest BCUT2D eigenvalue weighted by Gasteiger charge is 2.24. The fraction of sp³-hybridized carbons (Fsp3) is 0.357. The standard InChI is InChI=1S/C14H16N2O3S/c1-12(9-10-15)16(2)20(18,19)14-7-5-13(6-8-14)4-3-11-17/h5-8,12,17H,9,11H2,1-2H3. The zero-order chi connectivity index (χ0) is 15.2. The normalized spacial score (nSPS) is 12.3. The molecule has 0 aliphatic heterocycles. The summed E-state index contributed by atoms with van der Waals surface area (Å²) in [6, 6.07) is 7.66. The van der Waals surface area contributed by atoms with Gasteiger partial charge in [-0.15, -0.1) is 0 Å². The minimum Gasteiger partial charge on any atom is -0.384 e. The van der Waals surface area contributed by atoms with Crippen LogP contribution in [0, 0.1) is 23.2 Å². The molecule has 0 saturated heterocycles. The summed E-state index contributed by atoms with van der Waals surface area (Å²) in [5.41, 5.74) is 0.630. The van der Waals surface area contributed by atoms with Gasteiger partial charge in [0.15, 0.2) is 0 Å². The Morgan fingerprint density at radius 3 is 2.45 bits per heavy atom. The van der Waals surface area contributed by atoms with Crippen LogP contribution in [0.3, 0.4) is 0 Å². The van der Waals surface area contributed by atoms with Crippen molar-refractivity contribution in [2.24, 2.45) is 0 Å². The number of nitrogens with zero attached hydrogens (tertiary/aromatic N) is 2. The van der Waals surface area contributed by atoms with Crippen molar-refractivity contribution < 1.29 is 13.5 Å². The van der Waals surface area contributed by atoms with Crippen molar-refractivity contribution >= 4 is 10.0 Å². The number of hydrogen-bond acceptors (Lipinski definition) is 4. The molecule has 1 rings (SSSR count). The number of nitriles is 1. The van der Waals surface area contributed by atoms with Gasteiger partial charge in [-0.25, -0.2) is 8.42 Å². The van der Waals surface area contributed by atoms with E-state index in [4.69, 9.17) is 10.4 Å². The fourth-order valence-electron chi connectivity index (χ4n) is 1.52. The molecule has 0 radical (unpaired) electrons. The van der Waals surface area contributed by atoms with Gasteiger partial charge in [0.05, 0.1) is 17.4 Å². The van der Waals surface area contributed by atoms with E-state index in [1.54, 1.807) is 19.1 Å². The summed E-state index contributed by atoms with van der Waals surface area (Å²) < 4.78 is 25.8. The third-order valence-electron chi connectivity index (χ3n) is 2.85. The molecule has 0 aliphatic rings. The molecule has 1 N–H and O–H groups in total. The summed E-state index contributed by atoms with van der Waals surface area (Å²) in [6.07, 6.45) is 0.135. The summed E-state index contributed by atoms with van der Waals surface area (Å²) in [5, 5.41) is 17.2. The first-order valence-corrected chi connectivity index (χ1v) is 7.42. The molecule has 0 fully saturated rings. The summed E-state index contributed by atoms with van der Waals surface area (Å²) in [7, 11) is -2.16. The third-order valence-corrected chi connectivity index (χ3v) is 4.84. The second-order valence-corrected chi connectivity index (χ2v) is 6.21. The number of benzene rings is 1. The Morgan fingerprint density at radius 2 is 1.95 bits per heavy atom. The fourth-order valence-corrected chi connectivity index (χ4v) is 2.88. The molecule has 1 atom stereocenters. The predicted molar refractivity (Wildman–Crippen MR) is 75.0 cm³/mol. The van der Waals surface area contributed by atoms with Crippen LogP contribution in [0.25, 0.3) is 0 Å². The van der Waals surface area contributed by atoms with E-state index in [2.05, 4.69) is 11.8 Å². The molecular formula is C14H16N2O3S. The molecule has 1 unspecified atom stereocenters. The summed E-state index contributed by atoms with van der Waals surface area (Å²) in [6.45, 7) is 1.44. The average Bonchev–Trinajstić information content (AvgIpc) is 2.45. The Hall–Kier alpha value is -1.86. The maximum absolute atomic E-state index is 12.3. The molecule has 20 heavy (non-hydrogen) atoms. The molecule has 0 bridgehead atoms. The van der Waals surface area contributed by atoms with Crippen LogP contribution in [0.2, 0.25) is 0 Å². The van der Waals surface area contributed by atoms with E-state index in [1.807, 2.05) is 6.07 Å². The highest BCUT2D eigenvalue weighted by atomic mass is 32.2. The van der Waals surface area contributed by atoms with E-state index in [0.717, 1.165) is 0 Å². The van der Waals surface area contributed by atoms with Crippen molar-refractivity contribution in [3.05, 3.63) is 29.8 Å². The van der Waals surface area contributed by atoms with Crippen molar-refractivity contribution in [1.29, 1.82) is 5.26 Å². The number of rotatable bonds is 4. The van der Waals surface area contributed by atoms with Gasteiger partial charge in [-0.2, -0.15) is 9.57 Å². The van der Waals surface area contributed by atoms with Gasteiger partial charge in [0, 0.05) is 18.7 Å². The lowest BCUT2D eigenvalue weighted by Gasteiger charge is -2.22. The van der Waals surface area contributed by atoms with Crippen LogP contribution in [0.15, 0.2) is 29.2 Å². The van der Waals surface area contributed by atoms with Crippen LogP contribution in [0.5, 0.6) is 0 Å². The van der Waals surface area contributed by atoms with Crippen LogP contribution in [-0.2, 0) is 10.0 Å². The molecule has 106 valence electrons. The van der Waals surface area contributed by atoms with Crippen LogP contribution >= 0.6 is 0 Å². The van der Waals surface area contributed by atoms with E-state index >= 15 is 0 Å². The van der Waals surface area contributed by atoms with E-state index in [1.165, 1.54) is 23.5 Å². The van der Waals surface area contributed by atoms with Gasteiger partial charge < -0.3 is 5.11 Å². The maximum atomic E-state index is 12.3. The van der Waals surface area contributed by atoms with Crippen molar-refractivity contribution in [1.82, 2.24) is 4.31 Å². The number of aliphatic hydroxyl groups is 1. The van der Waals surface area contributed by atoms with Crippen molar-refractivity contribution in [2.45, 2.75) is 24.3 Å². The lowest BCUT2D eigenvalue weighted by molar-refractivity contribution is 0.350. The van der Waals surface area contributed by atoms with Gasteiger partial charge in [-0.3, -0.25) is 0 Å². The summed E-state index contributed by atoms with van der Waals surface area (Å²) in [4.78, 5) is 0.152. The molecule has 1 aromatic rings. The Labute approximate surface area is 119 Å². The molecule has 0 saturated carbocycles. The highest BCUT2D eigenvalue weighted by Crippen LogP contribution is 2.18. The Balaban J connectivity index is 3.02. The zero-order valence-corrected chi connectivity index (χ0v) is 12.2. The molecule has 0 aromatic heterocycles. The summed E-state index contributed by atoms with van der Waals surface area (Å²) in [5.74, 6) is 5.18. The van der Waals surface area contributed by atoms with Crippen molar-refractivity contribution in [3.8, 4) is 17.9 Å². The lowest BCUT2D eigenvalue weighted by atomic mass is 10.2. The van der Waals surface area contributed by atoms with Crippen molar-refractivity contribution in [3.63, 3.8) is 0 Å². The molecule has 0 heterocycles. The second kappa shape index (κ2) is 7.06. The largest absolute Gasteiger partial charge is 0.384 e. The van der Waals surface area contributed by atoms with Gasteiger partial charge >= 0.3 is 0 Å². The van der Waals surface area contributed by atoms with E-state index in [9.17, 15) is 8.42 Å².